The van der Waals surface area contributed by atoms with Gasteiger partial charge in [-0.3, -0.25) is 0 Å². The molecule has 0 aromatic heterocycles. The Bertz CT molecular complexity index is 445. The monoisotopic (exact) mass is 277 g/mol. The van der Waals surface area contributed by atoms with Gasteiger partial charge in [-0.2, -0.15) is 0 Å². The molecule has 0 aliphatic heterocycles. The minimum Gasteiger partial charge on any atom is -0.379 e. The molecule has 0 aliphatic rings. The highest BCUT2D eigenvalue weighted by molar-refractivity contribution is 5.39. The maximum Gasteiger partial charge on any atom is 0.0814 e. The van der Waals surface area contributed by atoms with Gasteiger partial charge in [-0.25, -0.2) is 0 Å². The maximum absolute atomic E-state index is 5.85. The smallest absolute Gasteiger partial charge is 0.0814 e. The van der Waals surface area contributed by atoms with Crippen LogP contribution in [0.4, 0.5) is 0 Å². The molecule has 1 N–H and O–H groups in total. The third-order valence-corrected chi connectivity index (χ3v) is 4.05. The van der Waals surface area contributed by atoms with Gasteiger partial charge in [-0.15, -0.1) is 0 Å². The molecule has 0 aliphatic carbocycles. The molecule has 0 saturated heterocycles. The molecule has 0 radical (unpaired) electrons. The largest absolute Gasteiger partial charge is 0.379 e. The Balaban J connectivity index is 3.29. The van der Waals surface area contributed by atoms with E-state index in [1.807, 2.05) is 7.11 Å². The number of likely N-dealkylation sites (N-methyl/N-ethyl adjacent to an activating group) is 1. The van der Waals surface area contributed by atoms with Crippen molar-refractivity contribution in [2.24, 2.45) is 5.41 Å². The van der Waals surface area contributed by atoms with Crippen molar-refractivity contribution in [3.63, 3.8) is 0 Å². The van der Waals surface area contributed by atoms with Crippen LogP contribution in [0.2, 0.25) is 0 Å². The average molecular weight is 277 g/mol. The van der Waals surface area contributed by atoms with Crippen molar-refractivity contribution in [1.29, 1.82) is 0 Å². The number of rotatable bonds is 5. The number of benzene rings is 1. The van der Waals surface area contributed by atoms with Crippen LogP contribution in [-0.2, 0) is 4.74 Å². The van der Waals surface area contributed by atoms with Crippen LogP contribution in [0, 0.1) is 26.2 Å². The first-order valence-corrected chi connectivity index (χ1v) is 7.56. The van der Waals surface area contributed by atoms with Crippen LogP contribution >= 0.6 is 0 Å². The third kappa shape index (κ3) is 3.83. The molecule has 1 aromatic carbocycles. The van der Waals surface area contributed by atoms with Gasteiger partial charge in [-0.05, 0) is 55.0 Å². The van der Waals surface area contributed by atoms with E-state index in [4.69, 9.17) is 4.74 Å². The first kappa shape index (κ1) is 17.2. The molecule has 0 spiro atoms. The molecule has 0 heterocycles. The van der Waals surface area contributed by atoms with Gasteiger partial charge in [0.2, 0.25) is 0 Å². The average Bonchev–Trinajstić information content (AvgIpc) is 2.32. The highest BCUT2D eigenvalue weighted by Gasteiger charge is 2.33. The lowest BCUT2D eigenvalue weighted by atomic mass is 9.80. The molecule has 0 bridgehead atoms. The fraction of sp³-hybridized carbons (Fsp3) is 0.667. The summed E-state index contributed by atoms with van der Waals surface area (Å²) in [6, 6.07) is 4.82. The minimum absolute atomic E-state index is 0.0901. The van der Waals surface area contributed by atoms with Crippen molar-refractivity contribution in [2.75, 3.05) is 13.7 Å². The summed E-state index contributed by atoms with van der Waals surface area (Å²) >= 11 is 0. The van der Waals surface area contributed by atoms with Crippen LogP contribution < -0.4 is 5.32 Å². The van der Waals surface area contributed by atoms with Gasteiger partial charge < -0.3 is 10.1 Å². The van der Waals surface area contributed by atoms with E-state index in [2.05, 4.69) is 65.9 Å². The second kappa shape index (κ2) is 6.73. The number of aryl methyl sites for hydroxylation is 3. The van der Waals surface area contributed by atoms with Gasteiger partial charge in [-0.1, -0.05) is 39.8 Å². The van der Waals surface area contributed by atoms with Gasteiger partial charge in [0, 0.05) is 7.11 Å². The standard InChI is InChI=1S/C18H31NO/c1-9-19-16(17(20-8)18(5,6)7)15-11-13(3)12(2)10-14(15)4/h10-11,16-17,19H,9H2,1-8H3. The molecule has 0 amide bonds. The Morgan fingerprint density at radius 1 is 1.05 bits per heavy atom. The fourth-order valence-electron chi connectivity index (χ4n) is 2.91. The summed E-state index contributed by atoms with van der Waals surface area (Å²) in [7, 11) is 1.82. The first-order valence-electron chi connectivity index (χ1n) is 7.56. The molecule has 0 fully saturated rings. The number of methoxy groups -OCH3 is 1. The lowest BCUT2D eigenvalue weighted by Gasteiger charge is -2.37. The molecular weight excluding hydrogens is 246 g/mol. The van der Waals surface area contributed by atoms with Crippen molar-refractivity contribution < 1.29 is 4.74 Å². The zero-order valence-corrected chi connectivity index (χ0v) is 14.4. The molecule has 1 rings (SSSR count). The summed E-state index contributed by atoms with van der Waals surface area (Å²) in [4.78, 5) is 0. The third-order valence-electron chi connectivity index (χ3n) is 4.05. The Morgan fingerprint density at radius 2 is 1.60 bits per heavy atom. The summed E-state index contributed by atoms with van der Waals surface area (Å²) < 4.78 is 5.85. The lowest BCUT2D eigenvalue weighted by Crippen LogP contribution is -2.41. The summed E-state index contributed by atoms with van der Waals surface area (Å²) in [5.74, 6) is 0. The van der Waals surface area contributed by atoms with E-state index in [1.54, 1.807) is 0 Å². The molecular formula is C18H31NO. The van der Waals surface area contributed by atoms with E-state index in [1.165, 1.54) is 22.3 Å². The van der Waals surface area contributed by atoms with Crippen molar-refractivity contribution in [1.82, 2.24) is 5.32 Å². The van der Waals surface area contributed by atoms with E-state index in [0.29, 0.717) is 0 Å². The Kier molecular flexibility index (Phi) is 5.79. The molecule has 1 aromatic rings. The van der Waals surface area contributed by atoms with Crippen LogP contribution in [0.15, 0.2) is 12.1 Å². The van der Waals surface area contributed by atoms with Gasteiger partial charge in [0.15, 0.2) is 0 Å². The Morgan fingerprint density at radius 3 is 2.05 bits per heavy atom. The van der Waals surface area contributed by atoms with Crippen LogP contribution in [0.5, 0.6) is 0 Å². The van der Waals surface area contributed by atoms with Crippen molar-refractivity contribution in [2.45, 2.75) is 60.6 Å². The van der Waals surface area contributed by atoms with Crippen LogP contribution in [0.25, 0.3) is 0 Å². The molecule has 2 nitrogen and oxygen atoms in total. The molecule has 20 heavy (non-hydrogen) atoms. The summed E-state index contributed by atoms with van der Waals surface area (Å²) in [6.07, 6.45) is 0.142. The van der Waals surface area contributed by atoms with Crippen LogP contribution in [-0.4, -0.2) is 19.8 Å². The highest BCUT2D eigenvalue weighted by atomic mass is 16.5. The van der Waals surface area contributed by atoms with Gasteiger partial charge in [0.25, 0.3) is 0 Å². The van der Waals surface area contributed by atoms with E-state index < -0.39 is 0 Å². The Labute approximate surface area is 124 Å². The van der Waals surface area contributed by atoms with E-state index in [-0.39, 0.29) is 17.6 Å². The van der Waals surface area contributed by atoms with Crippen molar-refractivity contribution in [3.05, 3.63) is 34.4 Å². The van der Waals surface area contributed by atoms with Crippen molar-refractivity contribution in [3.8, 4) is 0 Å². The second-order valence-corrected chi connectivity index (χ2v) is 6.85. The van der Waals surface area contributed by atoms with Gasteiger partial charge in [0.1, 0.15) is 0 Å². The summed E-state index contributed by atoms with van der Waals surface area (Å²) in [5, 5.41) is 3.62. The van der Waals surface area contributed by atoms with Crippen LogP contribution in [0.3, 0.4) is 0 Å². The molecule has 2 atom stereocenters. The minimum atomic E-state index is 0.0901. The van der Waals surface area contributed by atoms with E-state index >= 15 is 0 Å². The molecule has 0 saturated carbocycles. The summed E-state index contributed by atoms with van der Waals surface area (Å²) in [5.41, 5.74) is 5.48. The topological polar surface area (TPSA) is 21.3 Å². The predicted octanol–water partition coefficient (Wildman–Crippen LogP) is 4.32. The zero-order valence-electron chi connectivity index (χ0n) is 14.4. The fourth-order valence-corrected chi connectivity index (χ4v) is 2.91. The SMILES string of the molecule is CCNC(c1cc(C)c(C)cc1C)C(OC)C(C)(C)C. The number of hydrogen-bond acceptors (Lipinski definition) is 2. The van der Waals surface area contributed by atoms with Gasteiger partial charge in [0.05, 0.1) is 12.1 Å². The summed E-state index contributed by atoms with van der Waals surface area (Å²) in [6.45, 7) is 16.4. The molecule has 2 unspecified atom stereocenters. The van der Waals surface area contributed by atoms with Gasteiger partial charge >= 0.3 is 0 Å². The van der Waals surface area contributed by atoms with Crippen molar-refractivity contribution >= 4 is 0 Å². The highest BCUT2D eigenvalue weighted by Crippen LogP contribution is 2.34. The zero-order chi connectivity index (χ0) is 15.5. The number of hydrogen-bond donors (Lipinski definition) is 1. The van der Waals surface area contributed by atoms with E-state index in [9.17, 15) is 0 Å². The lowest BCUT2D eigenvalue weighted by molar-refractivity contribution is -0.0117. The normalized spacial score (nSPS) is 15.2. The first-order chi connectivity index (χ1) is 9.22. The second-order valence-electron chi connectivity index (χ2n) is 6.85. The number of nitrogens with one attached hydrogen (secondary N) is 1. The quantitative estimate of drug-likeness (QED) is 0.865. The maximum atomic E-state index is 5.85. The molecule has 114 valence electrons. The molecule has 2 heteroatoms. The number of ether oxygens (including phenoxy) is 1. The predicted molar refractivity (Wildman–Crippen MR) is 87.3 cm³/mol. The van der Waals surface area contributed by atoms with E-state index in [0.717, 1.165) is 6.54 Å². The van der Waals surface area contributed by atoms with Crippen LogP contribution in [0.1, 0.15) is 56.0 Å². The Hall–Kier alpha value is -0.860.